The molecule has 1 fully saturated rings. The van der Waals surface area contributed by atoms with Crippen LogP contribution >= 0.6 is 11.6 Å². The summed E-state index contributed by atoms with van der Waals surface area (Å²) in [6, 6.07) is 9.66. The van der Waals surface area contributed by atoms with E-state index < -0.39 is 30.0 Å². The normalized spacial score (nSPS) is 21.7. The molecular formula is C23H19ClF3N3O3. The van der Waals surface area contributed by atoms with Crippen LogP contribution in [0.4, 0.5) is 18.9 Å². The van der Waals surface area contributed by atoms with Gasteiger partial charge in [0.15, 0.2) is 0 Å². The molecule has 0 aliphatic carbocycles. The molecule has 2 aliphatic heterocycles. The molecule has 1 aromatic heterocycles. The van der Waals surface area contributed by atoms with Crippen molar-refractivity contribution in [3.05, 3.63) is 58.7 Å². The Kier molecular flexibility index (Phi) is 5.13. The third kappa shape index (κ3) is 3.85. The van der Waals surface area contributed by atoms with Gasteiger partial charge in [-0.3, -0.25) is 14.5 Å². The summed E-state index contributed by atoms with van der Waals surface area (Å²) in [5, 5.41) is 1.68. The molecule has 10 heteroatoms. The second kappa shape index (κ2) is 7.78. The number of carbonyl (C=O) groups is 2. The summed E-state index contributed by atoms with van der Waals surface area (Å²) < 4.78 is 41.7. The summed E-state index contributed by atoms with van der Waals surface area (Å²) in [6.45, 7) is 2.52. The van der Waals surface area contributed by atoms with Crippen LogP contribution in [0.15, 0.2) is 42.5 Å². The lowest BCUT2D eigenvalue weighted by Crippen LogP contribution is -2.46. The first-order chi connectivity index (χ1) is 15.6. The van der Waals surface area contributed by atoms with Crippen LogP contribution in [0.3, 0.4) is 0 Å². The molecule has 6 nitrogen and oxygen atoms in total. The summed E-state index contributed by atoms with van der Waals surface area (Å²) in [4.78, 5) is 32.3. The Bertz CT molecular complexity index is 1270. The number of imide groups is 1. The van der Waals surface area contributed by atoms with E-state index in [2.05, 4.69) is 9.72 Å². The maximum Gasteiger partial charge on any atom is 0.573 e. The third-order valence-corrected chi connectivity index (χ3v) is 6.50. The maximum absolute atomic E-state index is 13.3. The van der Waals surface area contributed by atoms with Crippen LogP contribution in [-0.4, -0.2) is 40.6 Å². The molecule has 1 N–H and O–H groups in total. The quantitative estimate of drug-likeness (QED) is 0.541. The third-order valence-electron chi connectivity index (χ3n) is 6.27. The monoisotopic (exact) mass is 477 g/mol. The summed E-state index contributed by atoms with van der Waals surface area (Å²) in [6.07, 6.45) is -4.24. The molecule has 2 atom stereocenters. The molecule has 3 heterocycles. The van der Waals surface area contributed by atoms with Gasteiger partial charge in [0, 0.05) is 40.3 Å². The van der Waals surface area contributed by atoms with E-state index >= 15 is 0 Å². The van der Waals surface area contributed by atoms with Crippen molar-refractivity contribution in [3.8, 4) is 5.75 Å². The number of hydrogen-bond donors (Lipinski definition) is 1. The Balaban J connectivity index is 1.42. The molecule has 3 aromatic rings. The molecule has 5 rings (SSSR count). The number of rotatable bonds is 3. The van der Waals surface area contributed by atoms with E-state index in [4.69, 9.17) is 11.6 Å². The largest absolute Gasteiger partial charge is 0.573 e. The Hall–Kier alpha value is -3.04. The van der Waals surface area contributed by atoms with Crippen LogP contribution in [0.1, 0.15) is 30.6 Å². The number of nitrogens with one attached hydrogen (secondary N) is 1. The van der Waals surface area contributed by atoms with Crippen molar-refractivity contribution >= 4 is 40.0 Å². The van der Waals surface area contributed by atoms with Crippen LogP contribution in [0.25, 0.3) is 10.9 Å². The number of amides is 2. The number of alkyl halides is 3. The summed E-state index contributed by atoms with van der Waals surface area (Å²) in [7, 11) is 0. The topological polar surface area (TPSA) is 65.6 Å². The highest BCUT2D eigenvalue weighted by atomic mass is 35.5. The zero-order valence-electron chi connectivity index (χ0n) is 17.4. The smallest absolute Gasteiger partial charge is 0.406 e. The molecule has 0 spiro atoms. The van der Waals surface area contributed by atoms with E-state index in [0.29, 0.717) is 18.0 Å². The van der Waals surface area contributed by atoms with E-state index in [1.165, 1.54) is 12.1 Å². The highest BCUT2D eigenvalue weighted by molar-refractivity contribution is 6.31. The minimum absolute atomic E-state index is 0.0467. The van der Waals surface area contributed by atoms with E-state index in [9.17, 15) is 22.8 Å². The van der Waals surface area contributed by atoms with Gasteiger partial charge in [0.1, 0.15) is 5.75 Å². The number of fused-ring (bicyclic) bond motifs is 3. The lowest BCUT2D eigenvalue weighted by Gasteiger charge is -2.36. The number of H-pyrrole nitrogens is 1. The second-order valence-corrected chi connectivity index (χ2v) is 8.64. The van der Waals surface area contributed by atoms with Crippen LogP contribution in [0.5, 0.6) is 5.75 Å². The zero-order valence-corrected chi connectivity index (χ0v) is 18.2. The maximum atomic E-state index is 13.3. The molecule has 0 bridgehead atoms. The number of aromatic amines is 1. The van der Waals surface area contributed by atoms with Crippen LogP contribution < -0.4 is 9.64 Å². The van der Waals surface area contributed by atoms with Gasteiger partial charge >= 0.3 is 6.36 Å². The van der Waals surface area contributed by atoms with Crippen molar-refractivity contribution in [2.75, 3.05) is 11.4 Å². The van der Waals surface area contributed by atoms with Gasteiger partial charge in [-0.05, 0) is 49.2 Å². The highest BCUT2D eigenvalue weighted by Gasteiger charge is 2.46. The standard InChI is InChI=1S/C23H19ClF3N3O3/c1-12-21-16(17-9-13(24)5-6-18(17)28-21)7-8-29(12)19-11-20(31)30(22(19)32)14-3-2-4-15(10-14)33-23(25,26)27/h2-6,9-10,12,19,28H,7-8,11H2,1H3. The number of carbonyl (C=O) groups excluding carboxylic acids is 2. The second-order valence-electron chi connectivity index (χ2n) is 8.20. The number of anilines is 1. The van der Waals surface area contributed by atoms with Gasteiger partial charge in [-0.25, -0.2) is 4.90 Å². The molecule has 2 unspecified atom stereocenters. The first kappa shape index (κ1) is 21.8. The minimum Gasteiger partial charge on any atom is -0.406 e. The summed E-state index contributed by atoms with van der Waals surface area (Å²) >= 11 is 6.16. The van der Waals surface area contributed by atoms with E-state index in [1.807, 2.05) is 30.0 Å². The number of nitrogens with zero attached hydrogens (tertiary/aromatic N) is 2. The van der Waals surface area contributed by atoms with Crippen molar-refractivity contribution in [3.63, 3.8) is 0 Å². The first-order valence-electron chi connectivity index (χ1n) is 10.4. The molecular weight excluding hydrogens is 459 g/mol. The molecule has 172 valence electrons. The summed E-state index contributed by atoms with van der Waals surface area (Å²) in [5.74, 6) is -1.41. The zero-order chi connectivity index (χ0) is 23.5. The predicted octanol–water partition coefficient (Wildman–Crippen LogP) is 4.97. The minimum atomic E-state index is -4.87. The number of hydrogen-bond acceptors (Lipinski definition) is 4. The Morgan fingerprint density at radius 3 is 2.70 bits per heavy atom. The fourth-order valence-electron chi connectivity index (χ4n) is 4.86. The van der Waals surface area contributed by atoms with Gasteiger partial charge in [0.05, 0.1) is 18.2 Å². The van der Waals surface area contributed by atoms with E-state index in [-0.39, 0.29) is 18.2 Å². The SMILES string of the molecule is CC1c2[nH]c3ccc(Cl)cc3c2CCN1C1CC(=O)N(c2cccc(OC(F)(F)F)c2)C1=O. The van der Waals surface area contributed by atoms with Gasteiger partial charge in [-0.2, -0.15) is 0 Å². The van der Waals surface area contributed by atoms with Crippen molar-refractivity contribution in [2.24, 2.45) is 0 Å². The predicted molar refractivity (Wildman–Crippen MR) is 116 cm³/mol. The lowest BCUT2D eigenvalue weighted by atomic mass is 9.96. The van der Waals surface area contributed by atoms with Crippen molar-refractivity contribution < 1.29 is 27.5 Å². The number of halogens is 4. The number of benzene rings is 2. The average molecular weight is 478 g/mol. The Labute approximate surface area is 191 Å². The molecule has 0 radical (unpaired) electrons. The first-order valence-corrected chi connectivity index (χ1v) is 10.8. The molecule has 2 aromatic carbocycles. The van der Waals surface area contributed by atoms with E-state index in [1.54, 1.807) is 0 Å². The van der Waals surface area contributed by atoms with Crippen LogP contribution in [0, 0.1) is 0 Å². The van der Waals surface area contributed by atoms with Gasteiger partial charge in [0.25, 0.3) is 5.91 Å². The fraction of sp³-hybridized carbons (Fsp3) is 0.304. The van der Waals surface area contributed by atoms with Gasteiger partial charge in [0.2, 0.25) is 5.91 Å². The molecule has 2 aliphatic rings. The number of aromatic nitrogens is 1. The Morgan fingerprint density at radius 2 is 1.94 bits per heavy atom. The van der Waals surface area contributed by atoms with Gasteiger partial charge in [-0.1, -0.05) is 17.7 Å². The van der Waals surface area contributed by atoms with E-state index in [0.717, 1.165) is 39.2 Å². The average Bonchev–Trinajstić information content (AvgIpc) is 3.24. The number of ether oxygens (including phenoxy) is 1. The molecule has 1 saturated heterocycles. The van der Waals surface area contributed by atoms with Crippen LogP contribution in [-0.2, 0) is 16.0 Å². The van der Waals surface area contributed by atoms with Crippen molar-refractivity contribution in [1.82, 2.24) is 9.88 Å². The molecule has 0 saturated carbocycles. The fourth-order valence-corrected chi connectivity index (χ4v) is 5.03. The van der Waals surface area contributed by atoms with Crippen molar-refractivity contribution in [1.29, 1.82) is 0 Å². The van der Waals surface area contributed by atoms with Crippen molar-refractivity contribution in [2.45, 2.75) is 38.2 Å². The Morgan fingerprint density at radius 1 is 1.15 bits per heavy atom. The summed E-state index contributed by atoms with van der Waals surface area (Å²) in [5.41, 5.74) is 3.12. The van der Waals surface area contributed by atoms with Crippen LogP contribution in [0.2, 0.25) is 5.02 Å². The highest BCUT2D eigenvalue weighted by Crippen LogP contribution is 2.39. The molecule has 2 amide bonds. The van der Waals surface area contributed by atoms with Gasteiger partial charge in [-0.15, -0.1) is 13.2 Å². The molecule has 33 heavy (non-hydrogen) atoms. The van der Waals surface area contributed by atoms with Gasteiger partial charge < -0.3 is 9.72 Å². The lowest BCUT2D eigenvalue weighted by molar-refractivity contribution is -0.274.